The first-order valence-corrected chi connectivity index (χ1v) is 7.88. The topological polar surface area (TPSA) is 85.1 Å². The number of halogens is 3. The molecule has 112 valence electrons. The smallest absolute Gasteiger partial charge is 0.268 e. The first kappa shape index (κ1) is 15.6. The lowest BCUT2D eigenvalue weighted by molar-refractivity contribution is 0.522. The van der Waals surface area contributed by atoms with Crippen molar-refractivity contribution in [3.8, 4) is 0 Å². The first-order chi connectivity index (χ1) is 9.70. The third kappa shape index (κ3) is 3.30. The Balaban J connectivity index is 2.46. The number of rotatable bonds is 3. The predicted octanol–water partition coefficient (Wildman–Crippen LogP) is 2.81. The highest BCUT2D eigenvalue weighted by atomic mass is 79.9. The second-order valence-corrected chi connectivity index (χ2v) is 6.71. The molecule has 1 aromatic heterocycles. The van der Waals surface area contributed by atoms with Gasteiger partial charge in [0.15, 0.2) is 4.90 Å². The van der Waals surface area contributed by atoms with Gasteiger partial charge in [-0.3, -0.25) is 4.72 Å². The SMILES string of the molecule is Cc1cc(NS(=O)(=O)c2c(F)cc(N)cc2F)ncc1Br. The highest BCUT2D eigenvalue weighted by molar-refractivity contribution is 9.10. The van der Waals surface area contributed by atoms with E-state index in [1.165, 1.54) is 12.3 Å². The van der Waals surface area contributed by atoms with Crippen molar-refractivity contribution in [2.24, 2.45) is 0 Å². The van der Waals surface area contributed by atoms with E-state index >= 15 is 0 Å². The largest absolute Gasteiger partial charge is 0.399 e. The molecule has 1 heterocycles. The van der Waals surface area contributed by atoms with Crippen molar-refractivity contribution in [2.75, 3.05) is 10.5 Å². The molecule has 0 aliphatic carbocycles. The highest BCUT2D eigenvalue weighted by Gasteiger charge is 2.25. The maximum atomic E-state index is 13.7. The van der Waals surface area contributed by atoms with Crippen LogP contribution < -0.4 is 10.5 Å². The maximum absolute atomic E-state index is 13.7. The molecule has 0 saturated heterocycles. The number of benzene rings is 1. The first-order valence-electron chi connectivity index (χ1n) is 5.60. The Kier molecular flexibility index (Phi) is 4.15. The average molecular weight is 378 g/mol. The molecule has 0 amide bonds. The lowest BCUT2D eigenvalue weighted by Gasteiger charge is -2.10. The highest BCUT2D eigenvalue weighted by Crippen LogP contribution is 2.25. The Hall–Kier alpha value is -1.74. The lowest BCUT2D eigenvalue weighted by atomic mass is 10.3. The second kappa shape index (κ2) is 5.57. The number of anilines is 2. The van der Waals surface area contributed by atoms with E-state index in [0.29, 0.717) is 10.0 Å². The number of sulfonamides is 1. The van der Waals surface area contributed by atoms with Crippen LogP contribution in [0.2, 0.25) is 0 Å². The fourth-order valence-corrected chi connectivity index (χ4v) is 2.96. The van der Waals surface area contributed by atoms with E-state index in [9.17, 15) is 17.2 Å². The Bertz CT molecular complexity index is 789. The van der Waals surface area contributed by atoms with Gasteiger partial charge in [-0.05, 0) is 46.6 Å². The van der Waals surface area contributed by atoms with Crippen LogP contribution in [0.1, 0.15) is 5.56 Å². The predicted molar refractivity (Wildman–Crippen MR) is 78.3 cm³/mol. The molecule has 0 aliphatic rings. The molecule has 0 unspecified atom stereocenters. The van der Waals surface area contributed by atoms with Gasteiger partial charge in [0, 0.05) is 16.4 Å². The van der Waals surface area contributed by atoms with Crippen LogP contribution in [0.5, 0.6) is 0 Å². The normalized spacial score (nSPS) is 11.4. The van der Waals surface area contributed by atoms with Gasteiger partial charge in [0.2, 0.25) is 0 Å². The molecule has 0 saturated carbocycles. The molecule has 3 N–H and O–H groups in total. The number of aromatic nitrogens is 1. The molecule has 0 fully saturated rings. The summed E-state index contributed by atoms with van der Waals surface area (Å²) in [7, 11) is -4.45. The monoisotopic (exact) mass is 377 g/mol. The number of nitrogen functional groups attached to an aromatic ring is 1. The van der Waals surface area contributed by atoms with Crippen molar-refractivity contribution < 1.29 is 17.2 Å². The summed E-state index contributed by atoms with van der Waals surface area (Å²) in [4.78, 5) is 2.72. The summed E-state index contributed by atoms with van der Waals surface area (Å²) in [6.07, 6.45) is 1.38. The Morgan fingerprint density at radius 1 is 1.24 bits per heavy atom. The molecule has 1 aromatic carbocycles. The van der Waals surface area contributed by atoms with E-state index in [1.54, 1.807) is 6.92 Å². The zero-order valence-corrected chi connectivity index (χ0v) is 13.1. The lowest BCUT2D eigenvalue weighted by Crippen LogP contribution is -2.17. The molecule has 0 spiro atoms. The van der Waals surface area contributed by atoms with E-state index in [-0.39, 0.29) is 11.5 Å². The molecular formula is C12H10BrF2N3O2S. The fourth-order valence-electron chi connectivity index (χ4n) is 1.62. The summed E-state index contributed by atoms with van der Waals surface area (Å²) in [5.41, 5.74) is 5.75. The van der Waals surface area contributed by atoms with Gasteiger partial charge in [-0.2, -0.15) is 0 Å². The van der Waals surface area contributed by atoms with E-state index in [2.05, 4.69) is 20.9 Å². The summed E-state index contributed by atoms with van der Waals surface area (Å²) >= 11 is 3.21. The number of nitrogens with one attached hydrogen (secondary N) is 1. The number of nitrogens with zero attached hydrogens (tertiary/aromatic N) is 1. The van der Waals surface area contributed by atoms with Crippen molar-refractivity contribution in [3.05, 3.63) is 46.1 Å². The summed E-state index contributed by atoms with van der Waals surface area (Å²) in [6, 6.07) is 2.89. The molecule has 0 aliphatic heterocycles. The molecule has 2 rings (SSSR count). The van der Waals surface area contributed by atoms with Crippen molar-refractivity contribution in [1.82, 2.24) is 4.98 Å². The van der Waals surface area contributed by atoms with Crippen molar-refractivity contribution in [1.29, 1.82) is 0 Å². The Labute approximate surface area is 128 Å². The Morgan fingerprint density at radius 3 is 2.33 bits per heavy atom. The van der Waals surface area contributed by atoms with E-state index < -0.39 is 26.6 Å². The standard InChI is InChI=1S/C12H10BrF2N3O2S/c1-6-2-11(17-5-8(6)13)18-21(19,20)12-9(14)3-7(16)4-10(12)15/h2-5H,16H2,1H3,(H,17,18). The van der Waals surface area contributed by atoms with Gasteiger partial charge in [0.1, 0.15) is 17.5 Å². The molecular weight excluding hydrogens is 368 g/mol. The van der Waals surface area contributed by atoms with Crippen molar-refractivity contribution in [3.63, 3.8) is 0 Å². The second-order valence-electron chi connectivity index (χ2n) is 4.24. The number of nitrogens with two attached hydrogens (primary N) is 1. The molecule has 0 radical (unpaired) electrons. The molecule has 2 aromatic rings. The molecule has 0 atom stereocenters. The van der Waals surface area contributed by atoms with Crippen LogP contribution in [-0.4, -0.2) is 13.4 Å². The molecule has 9 heteroatoms. The van der Waals surface area contributed by atoms with E-state index in [0.717, 1.165) is 12.1 Å². The summed E-state index contributed by atoms with van der Waals surface area (Å²) in [5.74, 6) is -2.59. The van der Waals surface area contributed by atoms with E-state index in [4.69, 9.17) is 5.73 Å². The van der Waals surface area contributed by atoms with Crippen LogP contribution in [-0.2, 0) is 10.0 Å². The third-order valence-electron chi connectivity index (χ3n) is 2.58. The van der Waals surface area contributed by atoms with Crippen LogP contribution in [0.4, 0.5) is 20.3 Å². The zero-order valence-electron chi connectivity index (χ0n) is 10.7. The van der Waals surface area contributed by atoms with Gasteiger partial charge < -0.3 is 5.73 Å². The van der Waals surface area contributed by atoms with Gasteiger partial charge in [0.25, 0.3) is 10.0 Å². The van der Waals surface area contributed by atoms with Gasteiger partial charge in [-0.25, -0.2) is 22.2 Å². The number of pyridine rings is 1. The minimum atomic E-state index is -4.45. The Morgan fingerprint density at radius 2 is 1.81 bits per heavy atom. The average Bonchev–Trinajstić information content (AvgIpc) is 2.31. The summed E-state index contributed by atoms with van der Waals surface area (Å²) < 4.78 is 54.2. The zero-order chi connectivity index (χ0) is 15.8. The van der Waals surface area contributed by atoms with Gasteiger partial charge in [-0.1, -0.05) is 0 Å². The molecule has 0 bridgehead atoms. The van der Waals surface area contributed by atoms with Crippen LogP contribution in [0.3, 0.4) is 0 Å². The molecule has 21 heavy (non-hydrogen) atoms. The van der Waals surface area contributed by atoms with Gasteiger partial charge in [-0.15, -0.1) is 0 Å². The fraction of sp³-hybridized carbons (Fsp3) is 0.0833. The van der Waals surface area contributed by atoms with Crippen LogP contribution in [0.25, 0.3) is 0 Å². The minimum Gasteiger partial charge on any atom is -0.399 e. The van der Waals surface area contributed by atoms with Gasteiger partial charge in [0.05, 0.1) is 0 Å². The summed E-state index contributed by atoms with van der Waals surface area (Å²) in [5, 5.41) is 0. The number of hydrogen-bond acceptors (Lipinski definition) is 4. The number of aryl methyl sites for hydroxylation is 1. The van der Waals surface area contributed by atoms with Crippen LogP contribution >= 0.6 is 15.9 Å². The van der Waals surface area contributed by atoms with Crippen molar-refractivity contribution in [2.45, 2.75) is 11.8 Å². The molecule has 5 nitrogen and oxygen atoms in total. The maximum Gasteiger partial charge on any atom is 0.268 e. The van der Waals surface area contributed by atoms with E-state index in [1.807, 2.05) is 4.72 Å². The van der Waals surface area contributed by atoms with Crippen LogP contribution in [0.15, 0.2) is 33.8 Å². The minimum absolute atomic E-state index is 0.0497. The van der Waals surface area contributed by atoms with Gasteiger partial charge >= 0.3 is 0 Å². The number of hydrogen-bond donors (Lipinski definition) is 2. The van der Waals surface area contributed by atoms with Crippen molar-refractivity contribution >= 4 is 37.5 Å². The quantitative estimate of drug-likeness (QED) is 0.805. The summed E-state index contributed by atoms with van der Waals surface area (Å²) in [6.45, 7) is 1.72. The third-order valence-corrected chi connectivity index (χ3v) is 4.81. The van der Waals surface area contributed by atoms with Crippen LogP contribution in [0, 0.1) is 18.6 Å².